The van der Waals surface area contributed by atoms with Crippen molar-refractivity contribution in [3.05, 3.63) is 58.6 Å². The molecule has 2 rings (SSSR count). The summed E-state index contributed by atoms with van der Waals surface area (Å²) < 4.78 is 6.41. The molecule has 0 spiro atoms. The number of ether oxygens (including phenoxy) is 1. The summed E-state index contributed by atoms with van der Waals surface area (Å²) in [5.74, 6) is 0.223. The zero-order valence-corrected chi connectivity index (χ0v) is 15.1. The molecule has 24 heavy (non-hydrogen) atoms. The van der Waals surface area contributed by atoms with Crippen LogP contribution in [-0.2, 0) is 9.59 Å². The smallest absolute Gasteiger partial charge is 0.258 e. The predicted molar refractivity (Wildman–Crippen MR) is 96.9 cm³/mol. The van der Waals surface area contributed by atoms with Crippen molar-refractivity contribution in [3.63, 3.8) is 0 Å². The Labute approximate surface area is 149 Å². The Morgan fingerprint density at radius 1 is 1.12 bits per heavy atom. The molecule has 5 nitrogen and oxygen atoms in total. The van der Waals surface area contributed by atoms with Gasteiger partial charge < -0.3 is 15.4 Å². The van der Waals surface area contributed by atoms with Gasteiger partial charge in [-0.25, -0.2) is 0 Å². The third-order valence-electron chi connectivity index (χ3n) is 3.29. The van der Waals surface area contributed by atoms with Crippen LogP contribution in [0.15, 0.2) is 53.0 Å². The molecule has 0 radical (unpaired) electrons. The van der Waals surface area contributed by atoms with Crippen molar-refractivity contribution < 1.29 is 14.3 Å². The fourth-order valence-corrected chi connectivity index (χ4v) is 2.80. The Morgan fingerprint density at radius 2 is 1.79 bits per heavy atom. The average Bonchev–Trinajstić information content (AvgIpc) is 2.54. The zero-order chi connectivity index (χ0) is 17.5. The molecule has 2 aromatic carbocycles. The standard InChI is InChI=1S/C18H19BrN2O3/c1-12(16-5-3-4-6-17(16)19)20-18(23)11-24-15-9-7-14(8-10-15)21-13(2)22/h3-10,12H,11H2,1-2H3,(H,20,23)(H,21,22)/t12-/m1/s1. The van der Waals surface area contributed by atoms with E-state index in [1.807, 2.05) is 31.2 Å². The Bertz CT molecular complexity index is 716. The van der Waals surface area contributed by atoms with E-state index in [1.54, 1.807) is 24.3 Å². The summed E-state index contributed by atoms with van der Waals surface area (Å²) >= 11 is 3.47. The van der Waals surface area contributed by atoms with Crippen LogP contribution in [0.2, 0.25) is 0 Å². The van der Waals surface area contributed by atoms with E-state index in [0.717, 1.165) is 10.0 Å². The number of carbonyl (C=O) groups excluding carboxylic acids is 2. The van der Waals surface area contributed by atoms with E-state index in [1.165, 1.54) is 6.92 Å². The van der Waals surface area contributed by atoms with E-state index in [2.05, 4.69) is 26.6 Å². The fraction of sp³-hybridized carbons (Fsp3) is 0.222. The van der Waals surface area contributed by atoms with E-state index >= 15 is 0 Å². The van der Waals surface area contributed by atoms with Crippen molar-refractivity contribution in [2.45, 2.75) is 19.9 Å². The van der Waals surface area contributed by atoms with E-state index < -0.39 is 0 Å². The van der Waals surface area contributed by atoms with Crippen LogP contribution >= 0.6 is 15.9 Å². The van der Waals surface area contributed by atoms with Crippen LogP contribution in [0.4, 0.5) is 5.69 Å². The molecule has 2 amide bonds. The van der Waals surface area contributed by atoms with Gasteiger partial charge >= 0.3 is 0 Å². The number of carbonyl (C=O) groups is 2. The molecule has 0 saturated heterocycles. The van der Waals surface area contributed by atoms with Gasteiger partial charge in [0, 0.05) is 17.1 Å². The van der Waals surface area contributed by atoms with Crippen LogP contribution < -0.4 is 15.4 Å². The SMILES string of the molecule is CC(=O)Nc1ccc(OCC(=O)N[C@H](C)c2ccccc2Br)cc1. The topological polar surface area (TPSA) is 67.4 Å². The Balaban J connectivity index is 1.84. The first-order valence-electron chi connectivity index (χ1n) is 7.50. The van der Waals surface area contributed by atoms with E-state index in [-0.39, 0.29) is 24.5 Å². The maximum atomic E-state index is 12.0. The van der Waals surface area contributed by atoms with Gasteiger partial charge in [-0.15, -0.1) is 0 Å². The normalized spacial score (nSPS) is 11.5. The molecule has 0 fully saturated rings. The summed E-state index contributed by atoms with van der Waals surface area (Å²) in [6.45, 7) is 3.29. The monoisotopic (exact) mass is 390 g/mol. The Kier molecular flexibility index (Phi) is 6.37. The van der Waals surface area contributed by atoms with Gasteiger partial charge in [0.2, 0.25) is 5.91 Å². The van der Waals surface area contributed by atoms with Crippen molar-refractivity contribution in [2.24, 2.45) is 0 Å². The summed E-state index contributed by atoms with van der Waals surface area (Å²) in [6.07, 6.45) is 0. The first kappa shape index (κ1) is 18.0. The molecule has 0 aliphatic rings. The highest BCUT2D eigenvalue weighted by molar-refractivity contribution is 9.10. The number of nitrogens with one attached hydrogen (secondary N) is 2. The lowest BCUT2D eigenvalue weighted by molar-refractivity contribution is -0.123. The molecule has 2 aromatic rings. The molecule has 0 aliphatic heterocycles. The maximum absolute atomic E-state index is 12.0. The van der Waals surface area contributed by atoms with Crippen LogP contribution in [0.3, 0.4) is 0 Å². The third-order valence-corrected chi connectivity index (χ3v) is 4.02. The van der Waals surface area contributed by atoms with Crippen LogP contribution in [0.5, 0.6) is 5.75 Å². The van der Waals surface area contributed by atoms with Crippen molar-refractivity contribution in [1.82, 2.24) is 5.32 Å². The highest BCUT2D eigenvalue weighted by atomic mass is 79.9. The molecule has 2 N–H and O–H groups in total. The van der Waals surface area contributed by atoms with Gasteiger partial charge in [0.1, 0.15) is 5.75 Å². The summed E-state index contributed by atoms with van der Waals surface area (Å²) in [7, 11) is 0. The minimum atomic E-state index is -0.204. The number of benzene rings is 2. The highest BCUT2D eigenvalue weighted by Gasteiger charge is 2.12. The van der Waals surface area contributed by atoms with Gasteiger partial charge in [0.25, 0.3) is 5.91 Å². The molecule has 6 heteroatoms. The first-order valence-corrected chi connectivity index (χ1v) is 8.29. The number of anilines is 1. The molecule has 126 valence electrons. The minimum Gasteiger partial charge on any atom is -0.484 e. The van der Waals surface area contributed by atoms with Gasteiger partial charge in [0.15, 0.2) is 6.61 Å². The summed E-state index contributed by atoms with van der Waals surface area (Å²) in [6, 6.07) is 14.5. The lowest BCUT2D eigenvalue weighted by Gasteiger charge is -2.16. The summed E-state index contributed by atoms with van der Waals surface area (Å²) in [5.41, 5.74) is 1.69. The van der Waals surface area contributed by atoms with E-state index in [4.69, 9.17) is 4.74 Å². The van der Waals surface area contributed by atoms with Gasteiger partial charge in [-0.1, -0.05) is 34.1 Å². The van der Waals surface area contributed by atoms with Gasteiger partial charge in [-0.2, -0.15) is 0 Å². The minimum absolute atomic E-state index is 0.0751. The summed E-state index contributed by atoms with van der Waals surface area (Å²) in [5, 5.41) is 5.56. The van der Waals surface area contributed by atoms with E-state index in [0.29, 0.717) is 11.4 Å². The first-order chi connectivity index (χ1) is 11.5. The molecule has 0 saturated carbocycles. The highest BCUT2D eigenvalue weighted by Crippen LogP contribution is 2.22. The van der Waals surface area contributed by atoms with Gasteiger partial charge in [-0.3, -0.25) is 9.59 Å². The number of rotatable bonds is 6. The van der Waals surface area contributed by atoms with Gasteiger partial charge in [-0.05, 0) is 42.8 Å². The molecule has 0 aliphatic carbocycles. The van der Waals surface area contributed by atoms with Gasteiger partial charge in [0.05, 0.1) is 6.04 Å². The molecular weight excluding hydrogens is 372 g/mol. The van der Waals surface area contributed by atoms with Crippen LogP contribution in [0.1, 0.15) is 25.5 Å². The van der Waals surface area contributed by atoms with Crippen molar-refractivity contribution in [2.75, 3.05) is 11.9 Å². The summed E-state index contributed by atoms with van der Waals surface area (Å²) in [4.78, 5) is 23.0. The second-order valence-electron chi connectivity index (χ2n) is 5.30. The van der Waals surface area contributed by atoms with Crippen LogP contribution in [-0.4, -0.2) is 18.4 Å². The number of amides is 2. The average molecular weight is 391 g/mol. The number of hydrogen-bond acceptors (Lipinski definition) is 3. The molecule has 0 aromatic heterocycles. The number of halogens is 1. The molecule has 1 atom stereocenters. The Hall–Kier alpha value is -2.34. The zero-order valence-electron chi connectivity index (χ0n) is 13.5. The van der Waals surface area contributed by atoms with Crippen molar-refractivity contribution in [1.29, 1.82) is 0 Å². The van der Waals surface area contributed by atoms with Crippen LogP contribution in [0, 0.1) is 0 Å². The second-order valence-corrected chi connectivity index (χ2v) is 6.16. The fourth-order valence-electron chi connectivity index (χ4n) is 2.17. The lowest BCUT2D eigenvalue weighted by Crippen LogP contribution is -2.31. The molecule has 0 unspecified atom stereocenters. The van der Waals surface area contributed by atoms with Crippen molar-refractivity contribution >= 4 is 33.4 Å². The van der Waals surface area contributed by atoms with E-state index in [9.17, 15) is 9.59 Å². The third kappa shape index (κ3) is 5.38. The largest absolute Gasteiger partial charge is 0.484 e. The molecular formula is C18H19BrN2O3. The Morgan fingerprint density at radius 3 is 2.42 bits per heavy atom. The molecule has 0 bridgehead atoms. The number of hydrogen-bond donors (Lipinski definition) is 2. The quantitative estimate of drug-likeness (QED) is 0.790. The maximum Gasteiger partial charge on any atom is 0.258 e. The lowest BCUT2D eigenvalue weighted by atomic mass is 10.1. The second kappa shape index (κ2) is 8.49. The van der Waals surface area contributed by atoms with Crippen LogP contribution in [0.25, 0.3) is 0 Å². The van der Waals surface area contributed by atoms with Crippen molar-refractivity contribution in [3.8, 4) is 5.75 Å². The molecule has 0 heterocycles. The predicted octanol–water partition coefficient (Wildman–Crippen LogP) is 3.66.